The molecule has 2 aromatic rings. The van der Waals surface area contributed by atoms with Crippen LogP contribution in [0.3, 0.4) is 0 Å². The molecule has 0 amide bonds. The van der Waals surface area contributed by atoms with Crippen LogP contribution in [0.1, 0.15) is 5.69 Å². The molecule has 0 unspecified atom stereocenters. The molecular formula is C14H17N3O. The third kappa shape index (κ3) is 2.91. The Kier molecular flexibility index (Phi) is 3.67. The van der Waals surface area contributed by atoms with E-state index in [0.29, 0.717) is 18.0 Å². The van der Waals surface area contributed by atoms with Crippen molar-refractivity contribution in [2.75, 3.05) is 24.7 Å². The zero-order valence-corrected chi connectivity index (χ0v) is 10.6. The second-order valence-electron chi connectivity index (χ2n) is 4.23. The Morgan fingerprint density at radius 3 is 2.72 bits per heavy atom. The van der Waals surface area contributed by atoms with Crippen molar-refractivity contribution in [3.8, 4) is 5.75 Å². The fraction of sp³-hybridized carbons (Fsp3) is 0.214. The average molecular weight is 243 g/mol. The summed E-state index contributed by atoms with van der Waals surface area (Å²) in [6, 6.07) is 11.5. The first kappa shape index (κ1) is 12.2. The summed E-state index contributed by atoms with van der Waals surface area (Å²) in [6.45, 7) is 0.419. The fourth-order valence-electron chi connectivity index (χ4n) is 1.56. The van der Waals surface area contributed by atoms with Gasteiger partial charge in [0.25, 0.3) is 0 Å². The standard InChI is InChI=1S/C14H17N3O/c1-17(2)12-6-7-13(15)14(9-12)18-10-11-5-3-4-8-16-11/h3-9H,10,15H2,1-2H3. The second kappa shape index (κ2) is 5.40. The lowest BCUT2D eigenvalue weighted by Gasteiger charge is -2.15. The summed E-state index contributed by atoms with van der Waals surface area (Å²) >= 11 is 0. The summed E-state index contributed by atoms with van der Waals surface area (Å²) in [5, 5.41) is 0. The van der Waals surface area contributed by atoms with E-state index in [-0.39, 0.29) is 0 Å². The summed E-state index contributed by atoms with van der Waals surface area (Å²) in [7, 11) is 3.96. The van der Waals surface area contributed by atoms with Gasteiger partial charge in [-0.1, -0.05) is 6.07 Å². The Labute approximate surface area is 107 Å². The predicted molar refractivity (Wildman–Crippen MR) is 73.8 cm³/mol. The summed E-state index contributed by atoms with van der Waals surface area (Å²) in [4.78, 5) is 6.21. The molecule has 0 atom stereocenters. The SMILES string of the molecule is CN(C)c1ccc(N)c(OCc2ccccn2)c1. The summed E-state index contributed by atoms with van der Waals surface area (Å²) < 4.78 is 5.70. The second-order valence-corrected chi connectivity index (χ2v) is 4.23. The van der Waals surface area contributed by atoms with Crippen LogP contribution in [0.2, 0.25) is 0 Å². The number of hydrogen-bond donors (Lipinski definition) is 1. The van der Waals surface area contributed by atoms with Gasteiger partial charge in [0, 0.05) is 32.0 Å². The average Bonchev–Trinajstić information content (AvgIpc) is 2.38. The van der Waals surface area contributed by atoms with Crippen molar-refractivity contribution in [2.45, 2.75) is 6.61 Å². The lowest BCUT2D eigenvalue weighted by Crippen LogP contribution is -2.09. The minimum atomic E-state index is 0.419. The van der Waals surface area contributed by atoms with Gasteiger partial charge >= 0.3 is 0 Å². The van der Waals surface area contributed by atoms with Crippen LogP contribution in [-0.2, 0) is 6.61 Å². The maximum atomic E-state index is 5.89. The van der Waals surface area contributed by atoms with E-state index in [1.54, 1.807) is 6.20 Å². The Balaban J connectivity index is 2.11. The van der Waals surface area contributed by atoms with E-state index in [9.17, 15) is 0 Å². The first-order chi connectivity index (χ1) is 8.66. The Morgan fingerprint density at radius 2 is 2.06 bits per heavy atom. The zero-order chi connectivity index (χ0) is 13.0. The van der Waals surface area contributed by atoms with Crippen molar-refractivity contribution in [1.82, 2.24) is 4.98 Å². The maximum Gasteiger partial charge on any atom is 0.144 e. The summed E-state index contributed by atoms with van der Waals surface area (Å²) in [5.74, 6) is 0.687. The highest BCUT2D eigenvalue weighted by Gasteiger charge is 2.04. The number of pyridine rings is 1. The van der Waals surface area contributed by atoms with Gasteiger partial charge in [0.05, 0.1) is 11.4 Å². The van der Waals surface area contributed by atoms with Gasteiger partial charge in [0.2, 0.25) is 0 Å². The van der Waals surface area contributed by atoms with Gasteiger partial charge < -0.3 is 15.4 Å². The van der Waals surface area contributed by atoms with Crippen molar-refractivity contribution in [3.63, 3.8) is 0 Å². The number of nitrogens with two attached hydrogens (primary N) is 1. The third-order valence-corrected chi connectivity index (χ3v) is 2.62. The third-order valence-electron chi connectivity index (χ3n) is 2.62. The van der Waals surface area contributed by atoms with Gasteiger partial charge in [-0.15, -0.1) is 0 Å². The molecule has 94 valence electrons. The van der Waals surface area contributed by atoms with Gasteiger partial charge in [-0.3, -0.25) is 4.98 Å². The topological polar surface area (TPSA) is 51.4 Å². The van der Waals surface area contributed by atoms with Crippen LogP contribution in [0, 0.1) is 0 Å². The van der Waals surface area contributed by atoms with Crippen LogP contribution in [0.4, 0.5) is 11.4 Å². The van der Waals surface area contributed by atoms with Gasteiger partial charge in [-0.2, -0.15) is 0 Å². The molecule has 0 aliphatic heterocycles. The summed E-state index contributed by atoms with van der Waals surface area (Å²) in [5.41, 5.74) is 8.46. The monoisotopic (exact) mass is 243 g/mol. The van der Waals surface area contributed by atoms with Crippen LogP contribution in [0.25, 0.3) is 0 Å². The lowest BCUT2D eigenvalue weighted by atomic mass is 10.2. The van der Waals surface area contributed by atoms with E-state index in [1.807, 2.05) is 55.4 Å². The van der Waals surface area contributed by atoms with Crippen molar-refractivity contribution >= 4 is 11.4 Å². The molecule has 0 fully saturated rings. The number of hydrogen-bond acceptors (Lipinski definition) is 4. The Bertz CT molecular complexity index is 512. The van der Waals surface area contributed by atoms with E-state index < -0.39 is 0 Å². The van der Waals surface area contributed by atoms with E-state index in [1.165, 1.54) is 0 Å². The number of aromatic nitrogens is 1. The van der Waals surface area contributed by atoms with Crippen molar-refractivity contribution in [3.05, 3.63) is 48.3 Å². The van der Waals surface area contributed by atoms with Gasteiger partial charge in [-0.05, 0) is 24.3 Å². The van der Waals surface area contributed by atoms with Crippen LogP contribution in [0.15, 0.2) is 42.6 Å². The maximum absolute atomic E-state index is 5.89. The molecule has 0 aliphatic carbocycles. The molecule has 1 heterocycles. The van der Waals surface area contributed by atoms with Crippen molar-refractivity contribution in [1.29, 1.82) is 0 Å². The number of benzene rings is 1. The minimum absolute atomic E-state index is 0.419. The zero-order valence-electron chi connectivity index (χ0n) is 10.6. The molecule has 2 rings (SSSR count). The number of nitrogens with zero attached hydrogens (tertiary/aromatic N) is 2. The molecular weight excluding hydrogens is 226 g/mol. The number of anilines is 2. The van der Waals surface area contributed by atoms with Crippen LogP contribution in [0.5, 0.6) is 5.75 Å². The predicted octanol–water partition coefficient (Wildman–Crippen LogP) is 2.31. The molecule has 4 nitrogen and oxygen atoms in total. The fourth-order valence-corrected chi connectivity index (χ4v) is 1.56. The van der Waals surface area contributed by atoms with E-state index >= 15 is 0 Å². The molecule has 0 saturated carbocycles. The first-order valence-corrected chi connectivity index (χ1v) is 5.76. The molecule has 0 bridgehead atoms. The first-order valence-electron chi connectivity index (χ1n) is 5.76. The number of ether oxygens (including phenoxy) is 1. The molecule has 0 saturated heterocycles. The molecule has 18 heavy (non-hydrogen) atoms. The number of nitrogen functional groups attached to an aromatic ring is 1. The smallest absolute Gasteiger partial charge is 0.144 e. The highest BCUT2D eigenvalue weighted by atomic mass is 16.5. The number of rotatable bonds is 4. The van der Waals surface area contributed by atoms with E-state index in [0.717, 1.165) is 11.4 Å². The van der Waals surface area contributed by atoms with Crippen LogP contribution >= 0.6 is 0 Å². The van der Waals surface area contributed by atoms with Gasteiger partial charge in [0.1, 0.15) is 12.4 Å². The highest BCUT2D eigenvalue weighted by Crippen LogP contribution is 2.27. The molecule has 1 aromatic carbocycles. The van der Waals surface area contributed by atoms with Crippen molar-refractivity contribution < 1.29 is 4.74 Å². The molecule has 2 N–H and O–H groups in total. The van der Waals surface area contributed by atoms with E-state index in [4.69, 9.17) is 10.5 Å². The molecule has 1 aromatic heterocycles. The van der Waals surface area contributed by atoms with Crippen molar-refractivity contribution in [2.24, 2.45) is 0 Å². The van der Waals surface area contributed by atoms with Crippen LogP contribution in [-0.4, -0.2) is 19.1 Å². The lowest BCUT2D eigenvalue weighted by molar-refractivity contribution is 0.303. The highest BCUT2D eigenvalue weighted by molar-refractivity contribution is 5.61. The van der Waals surface area contributed by atoms with E-state index in [2.05, 4.69) is 4.98 Å². The quantitative estimate of drug-likeness (QED) is 0.837. The largest absolute Gasteiger partial charge is 0.485 e. The molecule has 0 spiro atoms. The van der Waals surface area contributed by atoms with Gasteiger partial charge in [-0.25, -0.2) is 0 Å². The van der Waals surface area contributed by atoms with Crippen LogP contribution < -0.4 is 15.4 Å². The summed E-state index contributed by atoms with van der Waals surface area (Å²) in [6.07, 6.45) is 1.75. The normalized spacial score (nSPS) is 10.1. The Hall–Kier alpha value is -2.23. The van der Waals surface area contributed by atoms with Gasteiger partial charge in [0.15, 0.2) is 0 Å². The Morgan fingerprint density at radius 1 is 1.22 bits per heavy atom. The minimum Gasteiger partial charge on any atom is -0.485 e. The molecule has 0 radical (unpaired) electrons. The molecule has 0 aliphatic rings. The molecule has 4 heteroatoms.